The zero-order valence-electron chi connectivity index (χ0n) is 19.4. The van der Waals surface area contributed by atoms with Crippen molar-refractivity contribution in [3.05, 3.63) is 89.1 Å². The SMILES string of the molecule is C#Cc1ccc(-c2nn(C)c3cnc4cc(OC)c(CCc5cccc(CN)c5)cc4c23)cc1. The molecule has 0 bridgehead atoms. The Kier molecular flexibility index (Phi) is 5.75. The molecule has 0 aliphatic rings. The first kappa shape index (κ1) is 21.7. The molecular formula is C29H26N4O. The van der Waals surface area contributed by atoms with E-state index in [9.17, 15) is 0 Å². The standard InChI is InChI=1S/C29H26N4O/c1-4-19-8-11-22(12-9-19)29-28-24-15-23(13-10-20-6-5-7-21(14-20)17-30)27(34-3)16-25(24)31-18-26(28)33(2)32-29/h1,5-9,11-12,14-16,18H,10,13,17,30H2,2-3H3. The van der Waals surface area contributed by atoms with Crippen LogP contribution in [0.15, 0.2) is 66.9 Å². The van der Waals surface area contributed by atoms with Crippen molar-refractivity contribution in [2.45, 2.75) is 19.4 Å². The molecule has 34 heavy (non-hydrogen) atoms. The number of ether oxygens (including phenoxy) is 1. The lowest BCUT2D eigenvalue weighted by Crippen LogP contribution is -1.99. The molecule has 0 radical (unpaired) electrons. The number of aromatic nitrogens is 3. The summed E-state index contributed by atoms with van der Waals surface area (Å²) in [7, 11) is 3.66. The van der Waals surface area contributed by atoms with Gasteiger partial charge in [0.2, 0.25) is 0 Å². The predicted octanol–water partition coefficient (Wildman–Crippen LogP) is 5.02. The molecule has 5 heteroatoms. The molecule has 5 rings (SSSR count). The van der Waals surface area contributed by atoms with Gasteiger partial charge in [-0.25, -0.2) is 0 Å². The highest BCUT2D eigenvalue weighted by Crippen LogP contribution is 2.36. The van der Waals surface area contributed by atoms with Crippen LogP contribution in [0.4, 0.5) is 0 Å². The molecule has 0 fully saturated rings. The quantitative estimate of drug-likeness (QED) is 0.372. The lowest BCUT2D eigenvalue weighted by Gasteiger charge is -2.12. The van der Waals surface area contributed by atoms with Gasteiger partial charge in [-0.2, -0.15) is 5.10 Å². The van der Waals surface area contributed by atoms with Crippen molar-refractivity contribution in [3.63, 3.8) is 0 Å². The van der Waals surface area contributed by atoms with E-state index in [1.807, 2.05) is 48.3 Å². The van der Waals surface area contributed by atoms with E-state index in [1.165, 1.54) is 5.56 Å². The third kappa shape index (κ3) is 3.89. The van der Waals surface area contributed by atoms with Gasteiger partial charge in [-0.05, 0) is 47.7 Å². The second kappa shape index (κ2) is 9.01. The van der Waals surface area contributed by atoms with Crippen molar-refractivity contribution in [1.82, 2.24) is 14.8 Å². The lowest BCUT2D eigenvalue weighted by molar-refractivity contribution is 0.410. The number of nitrogens with two attached hydrogens (primary N) is 1. The minimum Gasteiger partial charge on any atom is -0.496 e. The van der Waals surface area contributed by atoms with Crippen LogP contribution in [0, 0.1) is 12.3 Å². The van der Waals surface area contributed by atoms with Crippen LogP contribution in [0.2, 0.25) is 0 Å². The second-order valence-corrected chi connectivity index (χ2v) is 8.42. The van der Waals surface area contributed by atoms with Crippen LogP contribution >= 0.6 is 0 Å². The first-order chi connectivity index (χ1) is 16.6. The van der Waals surface area contributed by atoms with Crippen molar-refractivity contribution in [2.24, 2.45) is 12.8 Å². The van der Waals surface area contributed by atoms with Crippen molar-refractivity contribution >= 4 is 21.8 Å². The van der Waals surface area contributed by atoms with E-state index in [1.54, 1.807) is 7.11 Å². The average molecular weight is 447 g/mol. The smallest absolute Gasteiger partial charge is 0.124 e. The first-order valence-electron chi connectivity index (χ1n) is 11.3. The van der Waals surface area contributed by atoms with E-state index in [2.05, 4.69) is 36.3 Å². The number of nitrogens with zero attached hydrogens (tertiary/aromatic N) is 3. The molecule has 0 spiro atoms. The fourth-order valence-corrected chi connectivity index (χ4v) is 4.51. The number of hydrogen-bond acceptors (Lipinski definition) is 4. The molecule has 2 heterocycles. The molecule has 2 aromatic heterocycles. The summed E-state index contributed by atoms with van der Waals surface area (Å²) >= 11 is 0. The molecule has 5 nitrogen and oxygen atoms in total. The maximum Gasteiger partial charge on any atom is 0.124 e. The van der Waals surface area contributed by atoms with Gasteiger partial charge in [-0.3, -0.25) is 9.67 Å². The van der Waals surface area contributed by atoms with Crippen LogP contribution in [0.1, 0.15) is 22.3 Å². The molecule has 2 N–H and O–H groups in total. The second-order valence-electron chi connectivity index (χ2n) is 8.42. The Labute approximate surface area is 199 Å². The van der Waals surface area contributed by atoms with E-state index in [4.69, 9.17) is 27.0 Å². The summed E-state index contributed by atoms with van der Waals surface area (Å²) in [5, 5.41) is 6.97. The lowest BCUT2D eigenvalue weighted by atomic mass is 9.98. The van der Waals surface area contributed by atoms with Gasteiger partial charge in [0, 0.05) is 41.6 Å². The topological polar surface area (TPSA) is 66.0 Å². The molecule has 0 aliphatic heterocycles. The summed E-state index contributed by atoms with van der Waals surface area (Å²) in [4.78, 5) is 4.71. The minimum absolute atomic E-state index is 0.545. The van der Waals surface area contributed by atoms with Crippen LogP contribution in [0.25, 0.3) is 33.1 Å². The zero-order chi connectivity index (χ0) is 23.7. The van der Waals surface area contributed by atoms with Gasteiger partial charge < -0.3 is 10.5 Å². The van der Waals surface area contributed by atoms with Gasteiger partial charge in [0.1, 0.15) is 11.4 Å². The number of methoxy groups -OCH3 is 1. The Hall–Kier alpha value is -4.14. The third-order valence-corrected chi connectivity index (χ3v) is 6.32. The fraction of sp³-hybridized carbons (Fsp3) is 0.172. The fourth-order valence-electron chi connectivity index (χ4n) is 4.51. The van der Waals surface area contributed by atoms with Gasteiger partial charge in [-0.15, -0.1) is 6.42 Å². The molecule has 0 atom stereocenters. The number of benzene rings is 3. The monoisotopic (exact) mass is 446 g/mol. The zero-order valence-corrected chi connectivity index (χ0v) is 19.4. The van der Waals surface area contributed by atoms with Crippen molar-refractivity contribution in [3.8, 4) is 29.4 Å². The van der Waals surface area contributed by atoms with E-state index < -0.39 is 0 Å². The van der Waals surface area contributed by atoms with Gasteiger partial charge in [0.15, 0.2) is 0 Å². The van der Waals surface area contributed by atoms with E-state index >= 15 is 0 Å². The molecule has 168 valence electrons. The Morgan fingerprint density at radius 2 is 1.82 bits per heavy atom. The number of terminal acetylenes is 1. The highest BCUT2D eigenvalue weighted by Gasteiger charge is 2.17. The first-order valence-corrected chi connectivity index (χ1v) is 11.3. The maximum atomic E-state index is 5.82. The highest BCUT2D eigenvalue weighted by atomic mass is 16.5. The van der Waals surface area contributed by atoms with Crippen LogP contribution in [0.3, 0.4) is 0 Å². The summed E-state index contributed by atoms with van der Waals surface area (Å²) in [5.74, 6) is 3.52. The minimum atomic E-state index is 0.545. The summed E-state index contributed by atoms with van der Waals surface area (Å²) in [5.41, 5.74) is 14.0. The van der Waals surface area contributed by atoms with Crippen LogP contribution in [0.5, 0.6) is 5.75 Å². The van der Waals surface area contributed by atoms with Crippen molar-refractivity contribution in [2.75, 3.05) is 7.11 Å². The molecule has 0 unspecified atom stereocenters. The van der Waals surface area contributed by atoms with E-state index in [0.29, 0.717) is 6.54 Å². The molecule has 0 amide bonds. The van der Waals surface area contributed by atoms with E-state index in [0.717, 1.165) is 68.3 Å². The van der Waals surface area contributed by atoms with Gasteiger partial charge in [0.05, 0.1) is 24.3 Å². The third-order valence-electron chi connectivity index (χ3n) is 6.32. The number of fused-ring (bicyclic) bond motifs is 3. The average Bonchev–Trinajstić information content (AvgIpc) is 3.23. The maximum absolute atomic E-state index is 5.82. The molecule has 3 aromatic carbocycles. The molecule has 0 aliphatic carbocycles. The van der Waals surface area contributed by atoms with Gasteiger partial charge in [0.25, 0.3) is 0 Å². The molecule has 0 saturated carbocycles. The summed E-state index contributed by atoms with van der Waals surface area (Å²) in [6.45, 7) is 0.545. The highest BCUT2D eigenvalue weighted by molar-refractivity contribution is 6.11. The van der Waals surface area contributed by atoms with Crippen LogP contribution in [-0.4, -0.2) is 21.9 Å². The summed E-state index contributed by atoms with van der Waals surface area (Å²) < 4.78 is 7.63. The largest absolute Gasteiger partial charge is 0.496 e. The Morgan fingerprint density at radius 3 is 2.56 bits per heavy atom. The van der Waals surface area contributed by atoms with Crippen molar-refractivity contribution in [1.29, 1.82) is 0 Å². The van der Waals surface area contributed by atoms with Crippen LogP contribution in [-0.2, 0) is 26.4 Å². The Bertz CT molecular complexity index is 1540. The van der Waals surface area contributed by atoms with Gasteiger partial charge >= 0.3 is 0 Å². The summed E-state index contributed by atoms with van der Waals surface area (Å²) in [6.07, 6.45) is 9.16. The van der Waals surface area contributed by atoms with E-state index in [-0.39, 0.29) is 0 Å². The molecule has 0 saturated heterocycles. The number of hydrogen-bond donors (Lipinski definition) is 1. The summed E-state index contributed by atoms with van der Waals surface area (Å²) in [6, 6.07) is 20.6. The number of pyridine rings is 1. The molecule has 5 aromatic rings. The number of aryl methyl sites for hydroxylation is 3. The Morgan fingerprint density at radius 1 is 1.03 bits per heavy atom. The molecular weight excluding hydrogens is 420 g/mol. The Balaban J connectivity index is 1.63. The van der Waals surface area contributed by atoms with Crippen LogP contribution < -0.4 is 10.5 Å². The van der Waals surface area contributed by atoms with Crippen molar-refractivity contribution < 1.29 is 4.74 Å². The normalized spacial score (nSPS) is 11.1. The predicted molar refractivity (Wildman–Crippen MR) is 138 cm³/mol. The number of rotatable bonds is 6. The van der Waals surface area contributed by atoms with Gasteiger partial charge in [-0.1, -0.05) is 42.3 Å².